The molecular weight excluding hydrogens is 354 g/mol. The third-order valence-electron chi connectivity index (χ3n) is 4.24. The largest absolute Gasteiger partial charge is 0.322 e. The van der Waals surface area contributed by atoms with Gasteiger partial charge in [-0.2, -0.15) is 8.42 Å². The highest BCUT2D eigenvalue weighted by molar-refractivity contribution is 7.87. The molecule has 0 saturated carbocycles. The van der Waals surface area contributed by atoms with E-state index in [9.17, 15) is 22.0 Å². The second kappa shape index (κ2) is 8.17. The Morgan fingerprint density at radius 2 is 2.16 bits per heavy atom. The number of halogens is 2. The van der Waals surface area contributed by atoms with Crippen LogP contribution in [-0.4, -0.2) is 44.9 Å². The summed E-state index contributed by atoms with van der Waals surface area (Å²) in [5, 5.41) is 7.32. The quantitative estimate of drug-likeness (QED) is 0.683. The van der Waals surface area contributed by atoms with Gasteiger partial charge in [0.05, 0.1) is 11.7 Å². The molecule has 1 fully saturated rings. The number of likely N-dealkylation sites (tertiary alicyclic amines) is 1. The number of nitrogens with one attached hydrogen (secondary N) is 2. The molecule has 7 nitrogen and oxygen atoms in total. The van der Waals surface area contributed by atoms with Gasteiger partial charge in [0, 0.05) is 19.2 Å². The molecule has 0 spiro atoms. The van der Waals surface area contributed by atoms with Gasteiger partial charge < -0.3 is 5.32 Å². The first kappa shape index (κ1) is 19.7. The maximum absolute atomic E-state index is 13.6. The Bertz CT molecular complexity index is 729. The van der Waals surface area contributed by atoms with Crippen LogP contribution in [0.25, 0.3) is 0 Å². The van der Waals surface area contributed by atoms with Gasteiger partial charge in [-0.25, -0.2) is 18.6 Å². The summed E-state index contributed by atoms with van der Waals surface area (Å²) in [6.45, 7) is 3.03. The Balaban J connectivity index is 1.95. The third-order valence-corrected chi connectivity index (χ3v) is 4.81. The second-order valence-corrected chi connectivity index (χ2v) is 7.56. The van der Waals surface area contributed by atoms with Crippen molar-refractivity contribution in [1.82, 2.24) is 9.62 Å². The highest BCUT2D eigenvalue weighted by Gasteiger charge is 2.28. The molecule has 1 heterocycles. The Hall–Kier alpha value is -1.62. The van der Waals surface area contributed by atoms with Crippen molar-refractivity contribution in [1.29, 1.82) is 0 Å². The molecule has 0 bridgehead atoms. The number of carbonyl (C=O) groups excluding carboxylic acids is 1. The van der Waals surface area contributed by atoms with Crippen LogP contribution in [0.4, 0.5) is 14.5 Å². The summed E-state index contributed by atoms with van der Waals surface area (Å²) in [6.07, 6.45) is 1.61. The Kier molecular flexibility index (Phi) is 6.44. The number of anilines is 1. The molecule has 2 atom stereocenters. The van der Waals surface area contributed by atoms with E-state index in [1.165, 1.54) is 0 Å². The van der Waals surface area contributed by atoms with Gasteiger partial charge in [-0.3, -0.25) is 9.69 Å². The fraction of sp³-hybridized carbons (Fsp3) is 0.533. The predicted molar refractivity (Wildman–Crippen MR) is 89.9 cm³/mol. The van der Waals surface area contributed by atoms with Crippen LogP contribution in [0.3, 0.4) is 0 Å². The third kappa shape index (κ3) is 5.99. The van der Waals surface area contributed by atoms with Crippen LogP contribution >= 0.6 is 0 Å². The van der Waals surface area contributed by atoms with E-state index in [1.54, 1.807) is 6.92 Å². The average molecular weight is 376 g/mol. The lowest BCUT2D eigenvalue weighted by molar-refractivity contribution is -0.121. The first-order chi connectivity index (χ1) is 11.7. The number of nitrogens with two attached hydrogens (primary N) is 1. The van der Waals surface area contributed by atoms with Gasteiger partial charge in [0.1, 0.15) is 11.6 Å². The van der Waals surface area contributed by atoms with Crippen LogP contribution in [-0.2, 0) is 15.0 Å². The number of benzene rings is 1. The summed E-state index contributed by atoms with van der Waals surface area (Å²) in [6, 6.07) is 2.28. The maximum Gasteiger partial charge on any atom is 0.274 e. The van der Waals surface area contributed by atoms with E-state index in [4.69, 9.17) is 5.14 Å². The monoisotopic (exact) mass is 376 g/mol. The van der Waals surface area contributed by atoms with Crippen molar-refractivity contribution < 1.29 is 22.0 Å². The normalized spacial score (nSPS) is 20.2. The molecule has 0 aromatic heterocycles. The van der Waals surface area contributed by atoms with E-state index in [0.717, 1.165) is 31.0 Å². The molecule has 1 aromatic carbocycles. The van der Waals surface area contributed by atoms with Gasteiger partial charge in [0.15, 0.2) is 0 Å². The fourth-order valence-electron chi connectivity index (χ4n) is 2.85. The van der Waals surface area contributed by atoms with Crippen LogP contribution in [0, 0.1) is 17.6 Å². The molecule has 0 unspecified atom stereocenters. The average Bonchev–Trinajstić information content (AvgIpc) is 2.55. The van der Waals surface area contributed by atoms with Crippen LogP contribution < -0.4 is 15.2 Å². The number of hydrogen-bond donors (Lipinski definition) is 3. The van der Waals surface area contributed by atoms with Crippen molar-refractivity contribution >= 4 is 21.8 Å². The van der Waals surface area contributed by atoms with Gasteiger partial charge in [0.2, 0.25) is 5.91 Å². The predicted octanol–water partition coefficient (Wildman–Crippen LogP) is 0.797. The van der Waals surface area contributed by atoms with Gasteiger partial charge in [-0.05, 0) is 44.4 Å². The number of amides is 1. The number of piperidine rings is 1. The van der Waals surface area contributed by atoms with Crippen LogP contribution in [0.2, 0.25) is 0 Å². The lowest BCUT2D eigenvalue weighted by atomic mass is 9.97. The molecule has 4 N–H and O–H groups in total. The minimum atomic E-state index is -3.75. The second-order valence-electron chi connectivity index (χ2n) is 6.19. The van der Waals surface area contributed by atoms with Crippen LogP contribution in [0.5, 0.6) is 0 Å². The summed E-state index contributed by atoms with van der Waals surface area (Å²) in [4.78, 5) is 14.2. The minimum absolute atomic E-state index is 0.0215. The van der Waals surface area contributed by atoms with Gasteiger partial charge in [-0.1, -0.05) is 0 Å². The number of carbonyl (C=O) groups is 1. The zero-order valence-electron chi connectivity index (χ0n) is 13.8. The zero-order valence-corrected chi connectivity index (χ0v) is 14.7. The standard InChI is InChI=1S/C15H22F2N4O3S/c1-10(15(22)20-14-7-12(16)4-5-13(14)17)21-6-2-3-11(9-21)8-19-25(18,23)24/h4-5,7,10-11,19H,2-3,6,8-9H2,1H3,(H,20,22)(H2,18,23,24)/t10-,11-/m0/s1. The lowest BCUT2D eigenvalue weighted by Gasteiger charge is -2.36. The molecule has 10 heteroatoms. The van der Waals surface area contributed by atoms with E-state index >= 15 is 0 Å². The lowest BCUT2D eigenvalue weighted by Crippen LogP contribution is -2.49. The summed E-state index contributed by atoms with van der Waals surface area (Å²) in [5.74, 6) is -1.79. The van der Waals surface area contributed by atoms with E-state index in [-0.39, 0.29) is 18.2 Å². The van der Waals surface area contributed by atoms with E-state index in [1.807, 2.05) is 4.90 Å². The molecule has 0 aliphatic carbocycles. The van der Waals surface area contributed by atoms with Crippen molar-refractivity contribution in [2.75, 3.05) is 25.0 Å². The summed E-state index contributed by atoms with van der Waals surface area (Å²) >= 11 is 0. The highest BCUT2D eigenvalue weighted by Crippen LogP contribution is 2.20. The van der Waals surface area contributed by atoms with Gasteiger partial charge in [-0.15, -0.1) is 0 Å². The van der Waals surface area contributed by atoms with Crippen molar-refractivity contribution in [3.8, 4) is 0 Å². The minimum Gasteiger partial charge on any atom is -0.322 e. The molecule has 1 amide bonds. The molecule has 1 aliphatic heterocycles. The number of nitrogens with zero attached hydrogens (tertiary/aromatic N) is 1. The molecule has 2 rings (SSSR count). The zero-order chi connectivity index (χ0) is 18.6. The Morgan fingerprint density at radius 3 is 2.84 bits per heavy atom. The molecule has 0 radical (unpaired) electrons. The Labute approximate surface area is 145 Å². The van der Waals surface area contributed by atoms with E-state index < -0.39 is 33.8 Å². The van der Waals surface area contributed by atoms with Crippen molar-refractivity contribution in [3.63, 3.8) is 0 Å². The molecular formula is C15H22F2N4O3S. The van der Waals surface area contributed by atoms with E-state index in [2.05, 4.69) is 10.0 Å². The van der Waals surface area contributed by atoms with Gasteiger partial charge >= 0.3 is 0 Å². The molecule has 1 aliphatic rings. The summed E-state index contributed by atoms with van der Waals surface area (Å²) in [7, 11) is -3.75. The SMILES string of the molecule is C[C@@H](C(=O)Nc1cc(F)ccc1F)N1CCC[C@@H](CNS(N)(=O)=O)C1. The van der Waals surface area contributed by atoms with Crippen LogP contribution in [0.1, 0.15) is 19.8 Å². The molecule has 25 heavy (non-hydrogen) atoms. The molecule has 140 valence electrons. The first-order valence-corrected chi connectivity index (χ1v) is 9.47. The van der Waals surface area contributed by atoms with Crippen molar-refractivity contribution in [2.24, 2.45) is 11.1 Å². The highest BCUT2D eigenvalue weighted by atomic mass is 32.2. The van der Waals surface area contributed by atoms with Crippen molar-refractivity contribution in [3.05, 3.63) is 29.8 Å². The summed E-state index contributed by atoms with van der Waals surface area (Å²) in [5.41, 5.74) is -0.207. The van der Waals surface area contributed by atoms with Gasteiger partial charge in [0.25, 0.3) is 10.2 Å². The topological polar surface area (TPSA) is 105 Å². The Morgan fingerprint density at radius 1 is 1.44 bits per heavy atom. The van der Waals surface area contributed by atoms with Crippen LogP contribution in [0.15, 0.2) is 18.2 Å². The first-order valence-electron chi connectivity index (χ1n) is 7.93. The van der Waals surface area contributed by atoms with E-state index in [0.29, 0.717) is 13.1 Å². The van der Waals surface area contributed by atoms with Crippen molar-refractivity contribution in [2.45, 2.75) is 25.8 Å². The molecule has 1 aromatic rings. The maximum atomic E-state index is 13.6. The number of rotatable bonds is 6. The fourth-order valence-corrected chi connectivity index (χ4v) is 3.31. The summed E-state index contributed by atoms with van der Waals surface area (Å²) < 4.78 is 51.1. The molecule has 1 saturated heterocycles. The number of hydrogen-bond acceptors (Lipinski definition) is 4. The smallest absolute Gasteiger partial charge is 0.274 e.